The molecule has 0 aromatic carbocycles. The average Bonchev–Trinajstić information content (AvgIpc) is 2.85. The van der Waals surface area contributed by atoms with E-state index in [4.69, 9.17) is 0 Å². The predicted molar refractivity (Wildman–Crippen MR) is 68.8 cm³/mol. The molecule has 2 unspecified atom stereocenters. The van der Waals surface area contributed by atoms with Crippen LogP contribution in [0.4, 0.5) is 0 Å². The molecule has 0 spiro atoms. The number of nitrogens with zero attached hydrogens (tertiary/aromatic N) is 3. The molecule has 1 aliphatic carbocycles. The van der Waals surface area contributed by atoms with Crippen molar-refractivity contribution in [3.63, 3.8) is 0 Å². The molecule has 1 heterocycles. The maximum atomic E-state index is 9.22. The van der Waals surface area contributed by atoms with Gasteiger partial charge in [-0.3, -0.25) is 4.68 Å². The molecule has 2 rings (SSSR count). The summed E-state index contributed by atoms with van der Waals surface area (Å²) in [7, 11) is 3.85. The zero-order chi connectivity index (χ0) is 12.5. The molecular weight excluding hydrogens is 232 g/mol. The first-order valence-corrected chi connectivity index (χ1v) is 6.74. The summed E-state index contributed by atoms with van der Waals surface area (Å²) in [6.45, 7) is 2.01. The number of aromatic nitrogens is 2. The molecule has 4 nitrogen and oxygen atoms in total. The van der Waals surface area contributed by atoms with Crippen LogP contribution in [0.3, 0.4) is 0 Å². The van der Waals surface area contributed by atoms with E-state index in [0.717, 1.165) is 25.0 Å². The Hall–Kier alpha value is -0.990. The van der Waals surface area contributed by atoms with Gasteiger partial charge in [-0.2, -0.15) is 10.4 Å². The quantitative estimate of drug-likeness (QED) is 0.889. The Kier molecular flexibility index (Phi) is 3.45. The second-order valence-corrected chi connectivity index (χ2v) is 5.99. The third-order valence-electron chi connectivity index (χ3n) is 3.41. The lowest BCUT2D eigenvalue weighted by Crippen LogP contribution is -2.38. The monoisotopic (exact) mass is 250 g/mol. The third-order valence-corrected chi connectivity index (χ3v) is 4.77. The van der Waals surface area contributed by atoms with E-state index in [-0.39, 0.29) is 5.54 Å². The van der Waals surface area contributed by atoms with Gasteiger partial charge in [0.25, 0.3) is 0 Å². The Morgan fingerprint density at radius 1 is 1.71 bits per heavy atom. The molecule has 1 aromatic heterocycles. The SMILES string of the molecule is CNC1(C#N)CCC(Sc2cc(C)nn2C)C1. The van der Waals surface area contributed by atoms with Gasteiger partial charge in [0, 0.05) is 12.3 Å². The molecule has 1 aromatic rings. The minimum absolute atomic E-state index is 0.314. The summed E-state index contributed by atoms with van der Waals surface area (Å²) in [6.07, 6.45) is 2.94. The molecule has 1 fully saturated rings. The minimum atomic E-state index is -0.314. The van der Waals surface area contributed by atoms with Crippen LogP contribution in [0, 0.1) is 18.3 Å². The predicted octanol–water partition coefficient (Wildman–Crippen LogP) is 1.85. The summed E-state index contributed by atoms with van der Waals surface area (Å²) in [5.41, 5.74) is 0.735. The van der Waals surface area contributed by atoms with E-state index in [1.54, 1.807) is 0 Å². The summed E-state index contributed by atoms with van der Waals surface area (Å²) in [5.74, 6) is 0. The van der Waals surface area contributed by atoms with Crippen LogP contribution in [0.2, 0.25) is 0 Å². The van der Waals surface area contributed by atoms with E-state index in [0.29, 0.717) is 5.25 Å². The number of nitrogens with one attached hydrogen (secondary N) is 1. The average molecular weight is 250 g/mol. The molecule has 2 atom stereocenters. The van der Waals surface area contributed by atoms with Crippen molar-refractivity contribution >= 4 is 11.8 Å². The first-order valence-electron chi connectivity index (χ1n) is 5.86. The van der Waals surface area contributed by atoms with E-state index < -0.39 is 0 Å². The van der Waals surface area contributed by atoms with Crippen LogP contribution >= 0.6 is 11.8 Å². The van der Waals surface area contributed by atoms with Crippen LogP contribution in [0.5, 0.6) is 0 Å². The summed E-state index contributed by atoms with van der Waals surface area (Å²) in [6, 6.07) is 4.52. The third kappa shape index (κ3) is 2.48. The van der Waals surface area contributed by atoms with Gasteiger partial charge >= 0.3 is 0 Å². The van der Waals surface area contributed by atoms with Crippen molar-refractivity contribution < 1.29 is 0 Å². The highest BCUT2D eigenvalue weighted by Gasteiger charge is 2.38. The van der Waals surface area contributed by atoms with Crippen molar-refractivity contribution in [3.05, 3.63) is 11.8 Å². The molecule has 0 radical (unpaired) electrons. The van der Waals surface area contributed by atoms with Crippen LogP contribution in [0.1, 0.15) is 25.0 Å². The molecular formula is C12H18N4S. The Morgan fingerprint density at radius 2 is 2.47 bits per heavy atom. The highest BCUT2D eigenvalue weighted by Crippen LogP contribution is 2.39. The van der Waals surface area contributed by atoms with E-state index in [9.17, 15) is 5.26 Å². The van der Waals surface area contributed by atoms with Crippen LogP contribution in [-0.2, 0) is 7.05 Å². The maximum absolute atomic E-state index is 9.22. The standard InChI is InChI=1S/C12H18N4S/c1-9-6-11(16(3)15-9)17-10-4-5-12(7-10,8-13)14-2/h6,10,14H,4-5,7H2,1-3H3. The van der Waals surface area contributed by atoms with Crippen LogP contribution in [-0.4, -0.2) is 27.6 Å². The van der Waals surface area contributed by atoms with Gasteiger partial charge in [0.05, 0.1) is 16.8 Å². The highest BCUT2D eigenvalue weighted by molar-refractivity contribution is 7.99. The van der Waals surface area contributed by atoms with Crippen LogP contribution < -0.4 is 5.32 Å². The highest BCUT2D eigenvalue weighted by atomic mass is 32.2. The maximum Gasteiger partial charge on any atom is 0.107 e. The van der Waals surface area contributed by atoms with E-state index >= 15 is 0 Å². The second kappa shape index (κ2) is 4.71. The first kappa shape index (κ1) is 12.5. The molecule has 0 saturated heterocycles. The van der Waals surface area contributed by atoms with E-state index in [1.165, 1.54) is 5.03 Å². The van der Waals surface area contributed by atoms with Crippen LogP contribution in [0.25, 0.3) is 0 Å². The number of thioether (sulfide) groups is 1. The molecule has 0 amide bonds. The van der Waals surface area contributed by atoms with E-state index in [2.05, 4.69) is 22.6 Å². The van der Waals surface area contributed by atoms with Gasteiger partial charge in [0.15, 0.2) is 0 Å². The fourth-order valence-corrected chi connectivity index (χ4v) is 3.73. The van der Waals surface area contributed by atoms with Crippen molar-refractivity contribution in [1.82, 2.24) is 15.1 Å². The van der Waals surface area contributed by atoms with Gasteiger partial charge in [-0.15, -0.1) is 11.8 Å². The van der Waals surface area contributed by atoms with Crippen molar-refractivity contribution in [2.75, 3.05) is 7.05 Å². The zero-order valence-electron chi connectivity index (χ0n) is 10.5. The molecule has 0 bridgehead atoms. The van der Waals surface area contributed by atoms with E-state index in [1.807, 2.05) is 37.5 Å². The summed E-state index contributed by atoms with van der Waals surface area (Å²) < 4.78 is 1.92. The summed E-state index contributed by atoms with van der Waals surface area (Å²) >= 11 is 1.84. The zero-order valence-corrected chi connectivity index (χ0v) is 11.3. The largest absolute Gasteiger partial charge is 0.302 e. The summed E-state index contributed by atoms with van der Waals surface area (Å²) in [4.78, 5) is 0. The Balaban J connectivity index is 2.03. The van der Waals surface area contributed by atoms with Crippen molar-refractivity contribution in [3.8, 4) is 6.07 Å². The number of hydrogen-bond acceptors (Lipinski definition) is 4. The normalized spacial score (nSPS) is 28.2. The lowest BCUT2D eigenvalue weighted by atomic mass is 10.0. The fraction of sp³-hybridized carbons (Fsp3) is 0.667. The molecule has 1 aliphatic rings. The summed E-state index contributed by atoms with van der Waals surface area (Å²) in [5, 5.41) is 18.4. The molecule has 1 N–H and O–H groups in total. The lowest BCUT2D eigenvalue weighted by molar-refractivity contribution is 0.464. The molecule has 0 aliphatic heterocycles. The molecule has 17 heavy (non-hydrogen) atoms. The van der Waals surface area contributed by atoms with Gasteiger partial charge in [0.1, 0.15) is 5.54 Å². The molecule has 5 heteroatoms. The smallest absolute Gasteiger partial charge is 0.107 e. The number of nitriles is 1. The van der Waals surface area contributed by atoms with Gasteiger partial charge < -0.3 is 5.32 Å². The second-order valence-electron chi connectivity index (χ2n) is 4.67. The molecule has 1 saturated carbocycles. The van der Waals surface area contributed by atoms with Crippen molar-refractivity contribution in [1.29, 1.82) is 5.26 Å². The molecule has 92 valence electrons. The van der Waals surface area contributed by atoms with Crippen molar-refractivity contribution in [2.45, 2.75) is 42.0 Å². The minimum Gasteiger partial charge on any atom is -0.302 e. The first-order chi connectivity index (χ1) is 8.08. The topological polar surface area (TPSA) is 53.6 Å². The van der Waals surface area contributed by atoms with Crippen LogP contribution in [0.15, 0.2) is 11.1 Å². The lowest BCUT2D eigenvalue weighted by Gasteiger charge is -2.19. The number of rotatable bonds is 3. The van der Waals surface area contributed by atoms with Gasteiger partial charge in [-0.1, -0.05) is 0 Å². The Morgan fingerprint density at radius 3 is 2.94 bits per heavy atom. The Bertz CT molecular complexity index is 448. The fourth-order valence-electron chi connectivity index (χ4n) is 2.35. The number of aryl methyl sites for hydroxylation is 2. The van der Waals surface area contributed by atoms with Gasteiger partial charge in [0.2, 0.25) is 0 Å². The van der Waals surface area contributed by atoms with Gasteiger partial charge in [-0.25, -0.2) is 0 Å². The Labute approximate surface area is 106 Å². The van der Waals surface area contributed by atoms with Crippen molar-refractivity contribution in [2.24, 2.45) is 7.05 Å². The number of hydrogen-bond donors (Lipinski definition) is 1. The van der Waals surface area contributed by atoms with Gasteiger partial charge in [-0.05, 0) is 39.3 Å².